The topological polar surface area (TPSA) is 59.1 Å². The molecule has 0 aliphatic carbocycles. The molecule has 5 nitrogen and oxygen atoms in total. The highest BCUT2D eigenvalue weighted by molar-refractivity contribution is 5.64. The van der Waals surface area contributed by atoms with Crippen molar-refractivity contribution in [1.82, 2.24) is 9.97 Å². The number of anilines is 3. The van der Waals surface area contributed by atoms with Gasteiger partial charge in [0.25, 0.3) is 0 Å². The fraction of sp³-hybridized carbons (Fsp3) is 0.0833. The quantitative estimate of drug-likeness (QED) is 0.404. The molecule has 0 atom stereocenters. The SMILES string of the molecule is CCNc1ccc(-c2ccnc(Nc3ccc(Oc4ccccc4)cc3)n2)cc1. The maximum Gasteiger partial charge on any atom is 0.227 e. The van der Waals surface area contributed by atoms with E-state index in [-0.39, 0.29) is 0 Å². The predicted octanol–water partition coefficient (Wildman–Crippen LogP) is 6.11. The van der Waals surface area contributed by atoms with Crippen LogP contribution in [0.15, 0.2) is 91.1 Å². The molecule has 4 rings (SSSR count). The minimum absolute atomic E-state index is 0.551. The summed E-state index contributed by atoms with van der Waals surface area (Å²) in [6.45, 7) is 2.98. The molecular weight excluding hydrogens is 360 g/mol. The van der Waals surface area contributed by atoms with Crippen LogP contribution in [-0.4, -0.2) is 16.5 Å². The largest absolute Gasteiger partial charge is 0.457 e. The highest BCUT2D eigenvalue weighted by Gasteiger charge is 2.04. The first kappa shape index (κ1) is 18.5. The maximum atomic E-state index is 5.82. The Morgan fingerprint density at radius 2 is 1.45 bits per heavy atom. The lowest BCUT2D eigenvalue weighted by Gasteiger charge is -2.09. The maximum absolute atomic E-state index is 5.82. The lowest BCUT2D eigenvalue weighted by atomic mass is 10.1. The van der Waals surface area contributed by atoms with Crippen molar-refractivity contribution < 1.29 is 4.74 Å². The van der Waals surface area contributed by atoms with Crippen molar-refractivity contribution in [3.8, 4) is 22.8 Å². The van der Waals surface area contributed by atoms with Crippen LogP contribution >= 0.6 is 0 Å². The van der Waals surface area contributed by atoms with E-state index in [0.717, 1.165) is 40.7 Å². The summed E-state index contributed by atoms with van der Waals surface area (Å²) in [4.78, 5) is 8.96. The number of hydrogen-bond acceptors (Lipinski definition) is 5. The van der Waals surface area contributed by atoms with Crippen LogP contribution in [-0.2, 0) is 0 Å². The van der Waals surface area contributed by atoms with Gasteiger partial charge in [-0.3, -0.25) is 0 Å². The van der Waals surface area contributed by atoms with Crippen molar-refractivity contribution >= 4 is 17.3 Å². The van der Waals surface area contributed by atoms with Gasteiger partial charge in [0.05, 0.1) is 5.69 Å². The third-order valence-electron chi connectivity index (χ3n) is 4.31. The lowest BCUT2D eigenvalue weighted by molar-refractivity contribution is 0.483. The second kappa shape index (κ2) is 8.89. The fourth-order valence-electron chi connectivity index (χ4n) is 2.90. The molecule has 0 spiro atoms. The Morgan fingerprint density at radius 3 is 2.17 bits per heavy atom. The molecule has 0 radical (unpaired) electrons. The number of rotatable bonds is 7. The summed E-state index contributed by atoms with van der Waals surface area (Å²) in [6, 6.07) is 27.6. The first-order valence-corrected chi connectivity index (χ1v) is 9.57. The van der Waals surface area contributed by atoms with Gasteiger partial charge >= 0.3 is 0 Å². The molecule has 4 aromatic rings. The van der Waals surface area contributed by atoms with Gasteiger partial charge in [0.15, 0.2) is 0 Å². The summed E-state index contributed by atoms with van der Waals surface area (Å²) >= 11 is 0. The molecule has 144 valence electrons. The highest BCUT2D eigenvalue weighted by Crippen LogP contribution is 2.25. The summed E-state index contributed by atoms with van der Waals surface area (Å²) in [7, 11) is 0. The van der Waals surface area contributed by atoms with Gasteiger partial charge in [-0.2, -0.15) is 0 Å². The molecule has 0 saturated carbocycles. The van der Waals surface area contributed by atoms with Crippen LogP contribution in [0.1, 0.15) is 6.92 Å². The van der Waals surface area contributed by atoms with Crippen molar-refractivity contribution in [3.63, 3.8) is 0 Å². The fourth-order valence-corrected chi connectivity index (χ4v) is 2.90. The third kappa shape index (κ3) is 4.90. The standard InChI is InChI=1S/C24H22N4O/c1-2-25-19-10-8-18(9-11-19)23-16-17-26-24(28-23)27-20-12-14-22(15-13-20)29-21-6-4-3-5-7-21/h3-17,25H,2H2,1H3,(H,26,27,28). The average Bonchev–Trinajstić information content (AvgIpc) is 2.77. The Kier molecular flexibility index (Phi) is 5.67. The minimum atomic E-state index is 0.551. The van der Waals surface area contributed by atoms with Gasteiger partial charge in [-0.15, -0.1) is 0 Å². The van der Waals surface area contributed by atoms with Gasteiger partial charge in [-0.05, 0) is 61.5 Å². The van der Waals surface area contributed by atoms with Crippen LogP contribution < -0.4 is 15.4 Å². The number of aromatic nitrogens is 2. The van der Waals surface area contributed by atoms with Crippen molar-refractivity contribution in [1.29, 1.82) is 0 Å². The number of ether oxygens (including phenoxy) is 1. The van der Waals surface area contributed by atoms with Crippen LogP contribution in [0.3, 0.4) is 0 Å². The second-order valence-electron chi connectivity index (χ2n) is 6.44. The molecule has 3 aromatic carbocycles. The van der Waals surface area contributed by atoms with Gasteiger partial charge in [0.2, 0.25) is 5.95 Å². The lowest BCUT2D eigenvalue weighted by Crippen LogP contribution is -1.98. The molecule has 0 aliphatic heterocycles. The molecule has 0 saturated heterocycles. The van der Waals surface area contributed by atoms with E-state index in [1.54, 1.807) is 6.20 Å². The van der Waals surface area contributed by atoms with E-state index in [0.29, 0.717) is 5.95 Å². The molecular formula is C24H22N4O. The van der Waals surface area contributed by atoms with E-state index in [9.17, 15) is 0 Å². The third-order valence-corrected chi connectivity index (χ3v) is 4.31. The van der Waals surface area contributed by atoms with E-state index in [1.165, 1.54) is 0 Å². The van der Waals surface area contributed by atoms with Gasteiger partial charge in [0, 0.05) is 29.7 Å². The van der Waals surface area contributed by atoms with Gasteiger partial charge in [-0.25, -0.2) is 9.97 Å². The van der Waals surface area contributed by atoms with Crippen LogP contribution in [0.5, 0.6) is 11.5 Å². The molecule has 0 bridgehead atoms. The number of benzene rings is 3. The van der Waals surface area contributed by atoms with Gasteiger partial charge in [0.1, 0.15) is 11.5 Å². The number of para-hydroxylation sites is 1. The van der Waals surface area contributed by atoms with Gasteiger partial charge < -0.3 is 15.4 Å². The smallest absolute Gasteiger partial charge is 0.227 e. The molecule has 0 fully saturated rings. The first-order chi connectivity index (χ1) is 14.3. The Labute approximate surface area is 170 Å². The number of nitrogens with one attached hydrogen (secondary N) is 2. The molecule has 2 N–H and O–H groups in total. The normalized spacial score (nSPS) is 10.4. The van der Waals surface area contributed by atoms with Gasteiger partial charge in [-0.1, -0.05) is 30.3 Å². The van der Waals surface area contributed by atoms with Crippen LogP contribution in [0, 0.1) is 0 Å². The zero-order valence-corrected chi connectivity index (χ0v) is 16.2. The zero-order valence-electron chi connectivity index (χ0n) is 16.2. The highest BCUT2D eigenvalue weighted by atomic mass is 16.5. The molecule has 5 heteroatoms. The summed E-state index contributed by atoms with van der Waals surface area (Å²) < 4.78 is 5.82. The molecule has 1 heterocycles. The van der Waals surface area contributed by atoms with Crippen molar-refractivity contribution in [2.75, 3.05) is 17.2 Å². The number of hydrogen-bond donors (Lipinski definition) is 2. The van der Waals surface area contributed by atoms with Crippen molar-refractivity contribution in [3.05, 3.63) is 91.1 Å². The molecule has 1 aromatic heterocycles. The van der Waals surface area contributed by atoms with E-state index in [4.69, 9.17) is 4.74 Å². The Morgan fingerprint density at radius 1 is 0.759 bits per heavy atom. The van der Waals surface area contributed by atoms with E-state index >= 15 is 0 Å². The molecule has 29 heavy (non-hydrogen) atoms. The summed E-state index contributed by atoms with van der Waals surface area (Å²) in [5, 5.41) is 6.54. The van der Waals surface area contributed by atoms with Crippen LogP contribution in [0.2, 0.25) is 0 Å². The van der Waals surface area contributed by atoms with E-state index < -0.39 is 0 Å². The van der Waals surface area contributed by atoms with Crippen molar-refractivity contribution in [2.45, 2.75) is 6.92 Å². The monoisotopic (exact) mass is 382 g/mol. The number of nitrogens with zero attached hydrogens (tertiary/aromatic N) is 2. The molecule has 0 aliphatic rings. The zero-order chi connectivity index (χ0) is 19.9. The summed E-state index contributed by atoms with van der Waals surface area (Å²) in [6.07, 6.45) is 1.76. The Balaban J connectivity index is 1.45. The average molecular weight is 382 g/mol. The van der Waals surface area contributed by atoms with Crippen LogP contribution in [0.25, 0.3) is 11.3 Å². The summed E-state index contributed by atoms with van der Waals surface area (Å²) in [5.41, 5.74) is 3.91. The predicted molar refractivity (Wildman–Crippen MR) is 118 cm³/mol. The molecule has 0 unspecified atom stereocenters. The van der Waals surface area contributed by atoms with E-state index in [1.807, 2.05) is 60.7 Å². The molecule has 0 amide bonds. The first-order valence-electron chi connectivity index (χ1n) is 9.57. The van der Waals surface area contributed by atoms with Crippen molar-refractivity contribution in [2.24, 2.45) is 0 Å². The van der Waals surface area contributed by atoms with E-state index in [2.05, 4.69) is 51.8 Å². The minimum Gasteiger partial charge on any atom is -0.457 e. The Bertz CT molecular complexity index is 1050. The Hall–Kier alpha value is -3.86. The summed E-state index contributed by atoms with van der Waals surface area (Å²) in [5.74, 6) is 2.14. The second-order valence-corrected chi connectivity index (χ2v) is 6.44. The van der Waals surface area contributed by atoms with Crippen LogP contribution in [0.4, 0.5) is 17.3 Å².